The van der Waals surface area contributed by atoms with Gasteiger partial charge in [-0.2, -0.15) is 0 Å². The van der Waals surface area contributed by atoms with Gasteiger partial charge in [-0.1, -0.05) is 13.0 Å². The Bertz CT molecular complexity index is 339. The van der Waals surface area contributed by atoms with Gasteiger partial charge in [-0.05, 0) is 38.0 Å². The summed E-state index contributed by atoms with van der Waals surface area (Å²) in [5, 5.41) is 9.36. The fraction of sp³-hybridized carbons (Fsp3) is 0.538. The molecule has 0 aromatic heterocycles. The third-order valence-electron chi connectivity index (χ3n) is 2.67. The standard InChI is InChI=1S/C13H20FNO/c1-4-8-15(5-2)13-7-6-11(10(3)16)9-12(13)14/h6-7,9-10,16H,4-5,8H2,1-3H3/t10-/m1/s1. The highest BCUT2D eigenvalue weighted by Gasteiger charge is 2.11. The summed E-state index contributed by atoms with van der Waals surface area (Å²) in [4.78, 5) is 2.00. The Morgan fingerprint density at radius 2 is 2.06 bits per heavy atom. The van der Waals surface area contributed by atoms with Crippen LogP contribution in [-0.2, 0) is 0 Å². The van der Waals surface area contributed by atoms with E-state index in [1.54, 1.807) is 19.1 Å². The van der Waals surface area contributed by atoms with Crippen molar-refractivity contribution >= 4 is 5.69 Å². The summed E-state index contributed by atoms with van der Waals surface area (Å²) in [5.41, 5.74) is 1.24. The van der Waals surface area contributed by atoms with Gasteiger partial charge in [-0.3, -0.25) is 0 Å². The maximum atomic E-state index is 13.8. The van der Waals surface area contributed by atoms with Crippen LogP contribution in [-0.4, -0.2) is 18.2 Å². The number of hydrogen-bond acceptors (Lipinski definition) is 2. The molecule has 2 nitrogen and oxygen atoms in total. The van der Waals surface area contributed by atoms with Crippen molar-refractivity contribution in [2.75, 3.05) is 18.0 Å². The summed E-state index contributed by atoms with van der Waals surface area (Å²) in [6.07, 6.45) is 0.371. The minimum absolute atomic E-state index is 0.256. The maximum absolute atomic E-state index is 13.8. The molecular weight excluding hydrogens is 205 g/mol. The number of halogens is 1. The lowest BCUT2D eigenvalue weighted by atomic mass is 10.1. The molecule has 0 bridgehead atoms. The Kier molecular flexibility index (Phi) is 4.74. The van der Waals surface area contributed by atoms with E-state index in [9.17, 15) is 9.50 Å². The van der Waals surface area contributed by atoms with Crippen LogP contribution in [0.1, 0.15) is 38.9 Å². The van der Waals surface area contributed by atoms with E-state index in [4.69, 9.17) is 0 Å². The summed E-state index contributed by atoms with van der Waals surface area (Å²) >= 11 is 0. The van der Waals surface area contributed by atoms with E-state index in [1.165, 1.54) is 6.07 Å². The van der Waals surface area contributed by atoms with Crippen molar-refractivity contribution < 1.29 is 9.50 Å². The van der Waals surface area contributed by atoms with Crippen LogP contribution in [0.4, 0.5) is 10.1 Å². The Morgan fingerprint density at radius 3 is 2.50 bits per heavy atom. The third-order valence-corrected chi connectivity index (χ3v) is 2.67. The zero-order valence-electron chi connectivity index (χ0n) is 10.2. The molecule has 0 aliphatic heterocycles. The second-order valence-electron chi connectivity index (χ2n) is 3.97. The van der Waals surface area contributed by atoms with Crippen molar-refractivity contribution in [1.29, 1.82) is 0 Å². The van der Waals surface area contributed by atoms with E-state index >= 15 is 0 Å². The molecule has 0 saturated carbocycles. The predicted octanol–water partition coefficient (Wildman–Crippen LogP) is 3.12. The molecule has 1 atom stereocenters. The highest BCUT2D eigenvalue weighted by atomic mass is 19.1. The van der Waals surface area contributed by atoms with Gasteiger partial charge < -0.3 is 10.0 Å². The predicted molar refractivity (Wildman–Crippen MR) is 65.2 cm³/mol. The fourth-order valence-corrected chi connectivity index (χ4v) is 1.76. The van der Waals surface area contributed by atoms with Crippen molar-refractivity contribution in [3.8, 4) is 0 Å². The number of nitrogens with zero attached hydrogens (tertiary/aromatic N) is 1. The molecule has 1 rings (SSSR count). The molecule has 0 aliphatic carbocycles. The average molecular weight is 225 g/mol. The highest BCUT2D eigenvalue weighted by molar-refractivity contribution is 5.49. The van der Waals surface area contributed by atoms with E-state index < -0.39 is 6.10 Å². The summed E-state index contributed by atoms with van der Waals surface area (Å²) in [5.74, 6) is -0.256. The van der Waals surface area contributed by atoms with Gasteiger partial charge in [-0.25, -0.2) is 4.39 Å². The summed E-state index contributed by atoms with van der Waals surface area (Å²) in [6.45, 7) is 7.36. The van der Waals surface area contributed by atoms with Crippen LogP contribution < -0.4 is 4.90 Å². The quantitative estimate of drug-likeness (QED) is 0.832. The number of benzene rings is 1. The molecule has 1 N–H and O–H groups in total. The van der Waals surface area contributed by atoms with Crippen molar-refractivity contribution in [3.63, 3.8) is 0 Å². The van der Waals surface area contributed by atoms with Gasteiger partial charge in [0.25, 0.3) is 0 Å². The number of anilines is 1. The van der Waals surface area contributed by atoms with Crippen LogP contribution in [0.5, 0.6) is 0 Å². The van der Waals surface area contributed by atoms with Crippen LogP contribution in [0.2, 0.25) is 0 Å². The Morgan fingerprint density at radius 1 is 1.38 bits per heavy atom. The lowest BCUT2D eigenvalue weighted by molar-refractivity contribution is 0.199. The van der Waals surface area contributed by atoms with Crippen LogP contribution in [0.3, 0.4) is 0 Å². The molecule has 90 valence electrons. The zero-order valence-corrected chi connectivity index (χ0v) is 10.2. The molecule has 0 saturated heterocycles. The second-order valence-corrected chi connectivity index (χ2v) is 3.97. The van der Waals surface area contributed by atoms with E-state index in [0.717, 1.165) is 19.5 Å². The van der Waals surface area contributed by atoms with E-state index in [-0.39, 0.29) is 5.82 Å². The molecule has 0 amide bonds. The smallest absolute Gasteiger partial charge is 0.146 e. The van der Waals surface area contributed by atoms with Crippen LogP contribution in [0, 0.1) is 5.82 Å². The Hall–Kier alpha value is -1.09. The van der Waals surface area contributed by atoms with Crippen LogP contribution in [0.15, 0.2) is 18.2 Å². The van der Waals surface area contributed by atoms with Gasteiger partial charge in [0.2, 0.25) is 0 Å². The second kappa shape index (κ2) is 5.85. The van der Waals surface area contributed by atoms with Crippen molar-refractivity contribution in [1.82, 2.24) is 0 Å². The summed E-state index contributed by atoms with van der Waals surface area (Å²) < 4.78 is 13.8. The van der Waals surface area contributed by atoms with Crippen LogP contribution in [0.25, 0.3) is 0 Å². The van der Waals surface area contributed by atoms with Gasteiger partial charge in [0.15, 0.2) is 0 Å². The lowest BCUT2D eigenvalue weighted by Crippen LogP contribution is -2.24. The first-order valence-electron chi connectivity index (χ1n) is 5.82. The molecule has 0 aliphatic rings. The minimum Gasteiger partial charge on any atom is -0.389 e. The molecule has 0 heterocycles. The third kappa shape index (κ3) is 2.95. The average Bonchev–Trinajstić information content (AvgIpc) is 2.26. The van der Waals surface area contributed by atoms with Crippen molar-refractivity contribution in [2.45, 2.75) is 33.3 Å². The fourth-order valence-electron chi connectivity index (χ4n) is 1.76. The maximum Gasteiger partial charge on any atom is 0.146 e. The normalized spacial score (nSPS) is 12.6. The topological polar surface area (TPSA) is 23.5 Å². The molecule has 0 spiro atoms. The first-order chi connectivity index (χ1) is 7.60. The van der Waals surface area contributed by atoms with Crippen molar-refractivity contribution in [3.05, 3.63) is 29.6 Å². The minimum atomic E-state index is -0.621. The molecule has 0 fully saturated rings. The number of rotatable bonds is 5. The molecule has 3 heteroatoms. The van der Waals surface area contributed by atoms with Gasteiger partial charge in [0, 0.05) is 13.1 Å². The van der Waals surface area contributed by atoms with Crippen LogP contribution >= 0.6 is 0 Å². The summed E-state index contributed by atoms with van der Waals surface area (Å²) in [7, 11) is 0. The van der Waals surface area contributed by atoms with Gasteiger partial charge in [-0.15, -0.1) is 0 Å². The lowest BCUT2D eigenvalue weighted by Gasteiger charge is -2.23. The Balaban J connectivity index is 2.96. The highest BCUT2D eigenvalue weighted by Crippen LogP contribution is 2.23. The number of hydrogen-bond donors (Lipinski definition) is 1. The first kappa shape index (κ1) is 13.0. The summed E-state index contributed by atoms with van der Waals surface area (Å²) in [6, 6.07) is 4.94. The monoisotopic (exact) mass is 225 g/mol. The van der Waals surface area contributed by atoms with Crippen molar-refractivity contribution in [2.24, 2.45) is 0 Å². The van der Waals surface area contributed by atoms with Gasteiger partial charge >= 0.3 is 0 Å². The SMILES string of the molecule is CCCN(CC)c1ccc([C@@H](C)O)cc1F. The molecule has 1 aromatic carbocycles. The van der Waals surface area contributed by atoms with E-state index in [0.29, 0.717) is 11.3 Å². The van der Waals surface area contributed by atoms with Gasteiger partial charge in [0.05, 0.1) is 11.8 Å². The Labute approximate surface area is 96.7 Å². The largest absolute Gasteiger partial charge is 0.389 e. The van der Waals surface area contributed by atoms with Gasteiger partial charge in [0.1, 0.15) is 5.82 Å². The molecule has 0 radical (unpaired) electrons. The molecule has 1 aromatic rings. The number of aliphatic hydroxyl groups is 1. The van der Waals surface area contributed by atoms with E-state index in [1.807, 2.05) is 11.8 Å². The number of aliphatic hydroxyl groups excluding tert-OH is 1. The molecule has 0 unspecified atom stereocenters. The zero-order chi connectivity index (χ0) is 12.1. The molecular formula is C13H20FNO. The first-order valence-corrected chi connectivity index (χ1v) is 5.82. The van der Waals surface area contributed by atoms with E-state index in [2.05, 4.69) is 6.92 Å². The molecule has 16 heavy (non-hydrogen) atoms.